The van der Waals surface area contributed by atoms with E-state index in [2.05, 4.69) is 0 Å². The number of carbonyl (C=O) groups is 1. The third-order valence-electron chi connectivity index (χ3n) is 2.67. The normalized spacial score (nSPS) is 10.4. The average Bonchev–Trinajstić information content (AvgIpc) is 2.78. The number of benzene rings is 1. The van der Waals surface area contributed by atoms with Crippen LogP contribution in [0, 0.1) is 12.7 Å². The topological polar surface area (TPSA) is 39.4 Å². The highest BCUT2D eigenvalue weighted by molar-refractivity contribution is 5.97. The van der Waals surface area contributed by atoms with Gasteiger partial charge in [0.1, 0.15) is 12.0 Å². The molecule has 0 aliphatic carbocycles. The van der Waals surface area contributed by atoms with Crippen LogP contribution in [-0.4, -0.2) is 12.9 Å². The van der Waals surface area contributed by atoms with Crippen molar-refractivity contribution in [3.05, 3.63) is 53.2 Å². The molecule has 1 aromatic heterocycles. The van der Waals surface area contributed by atoms with Crippen LogP contribution in [0.2, 0.25) is 0 Å². The third kappa shape index (κ3) is 2.42. The maximum Gasteiger partial charge on any atom is 0.170 e. The van der Waals surface area contributed by atoms with Crippen LogP contribution < -0.4 is 4.74 Å². The monoisotopic (exact) mass is 248 g/mol. The highest BCUT2D eigenvalue weighted by Gasteiger charge is 2.14. The number of ketones is 1. The Labute approximate surface area is 104 Å². The van der Waals surface area contributed by atoms with Crippen LogP contribution in [0.4, 0.5) is 4.39 Å². The Morgan fingerprint density at radius 3 is 2.83 bits per heavy atom. The number of ether oxygens (including phenoxy) is 1. The average molecular weight is 248 g/mol. The second kappa shape index (κ2) is 5.04. The van der Waals surface area contributed by atoms with E-state index in [1.807, 2.05) is 0 Å². The summed E-state index contributed by atoms with van der Waals surface area (Å²) in [4.78, 5) is 11.9. The minimum atomic E-state index is -0.492. The molecule has 2 aromatic rings. The number of furan rings is 1. The van der Waals surface area contributed by atoms with Crippen LogP contribution in [0.15, 0.2) is 34.9 Å². The quantitative estimate of drug-likeness (QED) is 0.780. The van der Waals surface area contributed by atoms with Crippen molar-refractivity contribution in [1.82, 2.24) is 0 Å². The molecule has 0 bridgehead atoms. The van der Waals surface area contributed by atoms with Crippen molar-refractivity contribution in [3.8, 4) is 5.75 Å². The number of carbonyl (C=O) groups excluding carboxylic acids is 1. The van der Waals surface area contributed by atoms with Gasteiger partial charge in [-0.15, -0.1) is 0 Å². The third-order valence-corrected chi connectivity index (χ3v) is 2.67. The molecule has 18 heavy (non-hydrogen) atoms. The SMILES string of the molecule is COc1cccc(CC(=O)c2coc(C)c2)c1F. The Morgan fingerprint density at radius 2 is 2.22 bits per heavy atom. The number of Topliss-reactive ketones (excluding diaryl/α,β-unsaturated/α-hetero) is 1. The van der Waals surface area contributed by atoms with Gasteiger partial charge < -0.3 is 9.15 Å². The first-order valence-corrected chi connectivity index (χ1v) is 5.51. The summed E-state index contributed by atoms with van der Waals surface area (Å²) < 4.78 is 23.8. The van der Waals surface area contributed by atoms with Crippen molar-refractivity contribution in [3.63, 3.8) is 0 Å². The molecule has 0 aliphatic rings. The number of halogens is 1. The molecule has 94 valence electrons. The summed E-state index contributed by atoms with van der Waals surface area (Å²) in [6.45, 7) is 1.75. The molecule has 0 saturated heterocycles. The van der Waals surface area contributed by atoms with Gasteiger partial charge in [0.05, 0.1) is 12.7 Å². The van der Waals surface area contributed by atoms with Crippen LogP contribution in [0.5, 0.6) is 5.75 Å². The van der Waals surface area contributed by atoms with E-state index in [1.54, 1.807) is 25.1 Å². The van der Waals surface area contributed by atoms with E-state index in [9.17, 15) is 9.18 Å². The number of hydrogen-bond donors (Lipinski definition) is 0. The molecule has 0 spiro atoms. The van der Waals surface area contributed by atoms with Gasteiger partial charge in [-0.1, -0.05) is 12.1 Å². The lowest BCUT2D eigenvalue weighted by Gasteiger charge is -2.06. The van der Waals surface area contributed by atoms with Gasteiger partial charge in [0.25, 0.3) is 0 Å². The zero-order valence-corrected chi connectivity index (χ0v) is 10.2. The minimum absolute atomic E-state index is 0.0119. The zero-order chi connectivity index (χ0) is 13.1. The lowest BCUT2D eigenvalue weighted by atomic mass is 10.0. The molecule has 0 fully saturated rings. The van der Waals surface area contributed by atoms with Crippen molar-refractivity contribution in [2.45, 2.75) is 13.3 Å². The van der Waals surface area contributed by atoms with E-state index in [0.717, 1.165) is 0 Å². The molecule has 0 saturated carbocycles. The number of hydrogen-bond acceptors (Lipinski definition) is 3. The smallest absolute Gasteiger partial charge is 0.170 e. The number of methoxy groups -OCH3 is 1. The summed E-state index contributed by atoms with van der Waals surface area (Å²) in [5.74, 6) is 0.126. The van der Waals surface area contributed by atoms with E-state index in [-0.39, 0.29) is 18.0 Å². The van der Waals surface area contributed by atoms with Crippen LogP contribution in [0.1, 0.15) is 21.7 Å². The largest absolute Gasteiger partial charge is 0.494 e. The van der Waals surface area contributed by atoms with Crippen molar-refractivity contribution >= 4 is 5.78 Å². The predicted molar refractivity (Wildman–Crippen MR) is 64.4 cm³/mol. The molecule has 3 nitrogen and oxygen atoms in total. The van der Waals surface area contributed by atoms with Gasteiger partial charge in [0.2, 0.25) is 0 Å². The van der Waals surface area contributed by atoms with Gasteiger partial charge in [0.15, 0.2) is 17.3 Å². The first-order chi connectivity index (χ1) is 8.61. The lowest BCUT2D eigenvalue weighted by Crippen LogP contribution is -2.05. The first kappa shape index (κ1) is 12.4. The van der Waals surface area contributed by atoms with E-state index in [1.165, 1.54) is 19.4 Å². The summed E-state index contributed by atoms with van der Waals surface area (Å²) >= 11 is 0. The van der Waals surface area contributed by atoms with E-state index in [4.69, 9.17) is 9.15 Å². The summed E-state index contributed by atoms with van der Waals surface area (Å²) in [6, 6.07) is 6.39. The Hall–Kier alpha value is -2.10. The molecule has 2 rings (SSSR count). The molecular formula is C14H13FO3. The maximum absolute atomic E-state index is 13.9. The Kier molecular flexibility index (Phi) is 3.46. The van der Waals surface area contributed by atoms with Gasteiger partial charge in [-0.25, -0.2) is 4.39 Å². The maximum atomic E-state index is 13.9. The lowest BCUT2D eigenvalue weighted by molar-refractivity contribution is 0.0991. The van der Waals surface area contributed by atoms with Crippen molar-refractivity contribution in [2.24, 2.45) is 0 Å². The summed E-state index contributed by atoms with van der Waals surface area (Å²) in [6.07, 6.45) is 1.37. The second-order valence-electron chi connectivity index (χ2n) is 3.98. The van der Waals surface area contributed by atoms with E-state index in [0.29, 0.717) is 16.9 Å². The zero-order valence-electron chi connectivity index (χ0n) is 10.2. The van der Waals surface area contributed by atoms with Crippen molar-refractivity contribution < 1.29 is 18.3 Å². The van der Waals surface area contributed by atoms with Gasteiger partial charge in [-0.05, 0) is 24.6 Å². The van der Waals surface area contributed by atoms with Gasteiger partial charge in [-0.3, -0.25) is 4.79 Å². The molecule has 0 aliphatic heterocycles. The Balaban J connectivity index is 2.22. The van der Waals surface area contributed by atoms with Crippen LogP contribution in [0.3, 0.4) is 0 Å². The highest BCUT2D eigenvalue weighted by Crippen LogP contribution is 2.21. The van der Waals surface area contributed by atoms with Crippen LogP contribution >= 0.6 is 0 Å². The van der Waals surface area contributed by atoms with Gasteiger partial charge in [0, 0.05) is 6.42 Å². The van der Waals surface area contributed by atoms with Gasteiger partial charge >= 0.3 is 0 Å². The molecule has 1 heterocycles. The molecule has 0 atom stereocenters. The van der Waals surface area contributed by atoms with Crippen molar-refractivity contribution in [1.29, 1.82) is 0 Å². The predicted octanol–water partition coefficient (Wildman–Crippen LogP) is 3.16. The van der Waals surface area contributed by atoms with Crippen LogP contribution in [0.25, 0.3) is 0 Å². The number of rotatable bonds is 4. The number of aryl methyl sites for hydroxylation is 1. The fraction of sp³-hybridized carbons (Fsp3) is 0.214. The summed E-state index contributed by atoms with van der Waals surface area (Å²) in [5.41, 5.74) is 0.771. The molecule has 0 unspecified atom stereocenters. The fourth-order valence-electron chi connectivity index (χ4n) is 1.72. The fourth-order valence-corrected chi connectivity index (χ4v) is 1.72. The molecular weight excluding hydrogens is 235 g/mol. The summed E-state index contributed by atoms with van der Waals surface area (Å²) in [7, 11) is 1.39. The standard InChI is InChI=1S/C14H13FO3/c1-9-6-11(8-18-9)12(16)7-10-4-3-5-13(17-2)14(10)15/h3-6,8H,7H2,1-2H3. The Bertz CT molecular complexity index is 572. The van der Waals surface area contributed by atoms with E-state index < -0.39 is 5.82 Å². The van der Waals surface area contributed by atoms with E-state index >= 15 is 0 Å². The highest BCUT2D eigenvalue weighted by atomic mass is 19.1. The molecule has 0 radical (unpaired) electrons. The molecule has 1 aromatic carbocycles. The second-order valence-corrected chi connectivity index (χ2v) is 3.98. The first-order valence-electron chi connectivity index (χ1n) is 5.51. The van der Waals surface area contributed by atoms with Gasteiger partial charge in [-0.2, -0.15) is 0 Å². The molecule has 0 N–H and O–H groups in total. The van der Waals surface area contributed by atoms with Crippen LogP contribution in [-0.2, 0) is 6.42 Å². The molecule has 0 amide bonds. The minimum Gasteiger partial charge on any atom is -0.494 e. The Morgan fingerprint density at radius 1 is 1.44 bits per heavy atom. The van der Waals surface area contributed by atoms with Crippen molar-refractivity contribution in [2.75, 3.05) is 7.11 Å². The molecule has 4 heteroatoms. The summed E-state index contributed by atoms with van der Waals surface area (Å²) in [5, 5.41) is 0.